The van der Waals surface area contributed by atoms with Crippen LogP contribution in [0, 0.1) is 5.92 Å². The van der Waals surface area contributed by atoms with E-state index in [9.17, 15) is 14.4 Å². The summed E-state index contributed by atoms with van der Waals surface area (Å²) in [6.45, 7) is 4.41. The molecule has 0 bridgehead atoms. The molecule has 0 saturated heterocycles. The molecule has 0 spiro atoms. The largest absolute Gasteiger partial charge is 0.481 e. The van der Waals surface area contributed by atoms with E-state index in [0.717, 1.165) is 6.42 Å². The van der Waals surface area contributed by atoms with Crippen LogP contribution < -0.4 is 16.0 Å². The van der Waals surface area contributed by atoms with Gasteiger partial charge in [-0.15, -0.1) is 0 Å². The molecule has 0 aliphatic rings. The summed E-state index contributed by atoms with van der Waals surface area (Å²) in [7, 11) is 0. The summed E-state index contributed by atoms with van der Waals surface area (Å²) in [4.78, 5) is 32.8. The topological polar surface area (TPSA) is 108 Å². The minimum absolute atomic E-state index is 0.00271. The van der Waals surface area contributed by atoms with E-state index in [2.05, 4.69) is 16.0 Å². The first-order chi connectivity index (χ1) is 8.45. The summed E-state index contributed by atoms with van der Waals surface area (Å²) in [5.41, 5.74) is 0. The predicted molar refractivity (Wildman–Crippen MR) is 66.1 cm³/mol. The SMILES string of the molecule is CCCNC(=O)CNC(=O)NCC(C)CC(=O)O. The van der Waals surface area contributed by atoms with Gasteiger partial charge in [0.1, 0.15) is 0 Å². The van der Waals surface area contributed by atoms with Crippen molar-refractivity contribution in [3.63, 3.8) is 0 Å². The van der Waals surface area contributed by atoms with Crippen molar-refractivity contribution in [3.05, 3.63) is 0 Å². The first-order valence-electron chi connectivity index (χ1n) is 5.95. The summed E-state index contributed by atoms with van der Waals surface area (Å²) in [6, 6.07) is -0.473. The van der Waals surface area contributed by atoms with Gasteiger partial charge in [0.15, 0.2) is 0 Å². The maximum atomic E-state index is 11.3. The van der Waals surface area contributed by atoms with Crippen LogP contribution in [0.4, 0.5) is 4.79 Å². The average molecular weight is 259 g/mol. The third-order valence-electron chi connectivity index (χ3n) is 2.12. The Hall–Kier alpha value is -1.79. The molecule has 0 aliphatic carbocycles. The number of hydrogen-bond acceptors (Lipinski definition) is 3. The van der Waals surface area contributed by atoms with E-state index >= 15 is 0 Å². The van der Waals surface area contributed by atoms with E-state index in [1.165, 1.54) is 0 Å². The molecule has 104 valence electrons. The molecule has 4 N–H and O–H groups in total. The first kappa shape index (κ1) is 16.2. The molecule has 7 nitrogen and oxygen atoms in total. The molecule has 18 heavy (non-hydrogen) atoms. The highest BCUT2D eigenvalue weighted by Crippen LogP contribution is 1.98. The van der Waals surface area contributed by atoms with Crippen molar-refractivity contribution in [2.45, 2.75) is 26.7 Å². The third kappa shape index (κ3) is 9.44. The second-order valence-electron chi connectivity index (χ2n) is 4.12. The van der Waals surface area contributed by atoms with Gasteiger partial charge in [-0.3, -0.25) is 9.59 Å². The summed E-state index contributed by atoms with van der Waals surface area (Å²) >= 11 is 0. The van der Waals surface area contributed by atoms with Crippen molar-refractivity contribution >= 4 is 17.9 Å². The molecular weight excluding hydrogens is 238 g/mol. The highest BCUT2D eigenvalue weighted by molar-refractivity contribution is 5.83. The monoisotopic (exact) mass is 259 g/mol. The third-order valence-corrected chi connectivity index (χ3v) is 2.12. The number of rotatable bonds is 8. The molecule has 0 aromatic carbocycles. The molecule has 1 unspecified atom stereocenters. The second-order valence-corrected chi connectivity index (χ2v) is 4.12. The fraction of sp³-hybridized carbons (Fsp3) is 0.727. The van der Waals surface area contributed by atoms with E-state index in [-0.39, 0.29) is 31.3 Å². The maximum Gasteiger partial charge on any atom is 0.315 e. The molecule has 0 aliphatic heterocycles. The van der Waals surface area contributed by atoms with Gasteiger partial charge < -0.3 is 21.1 Å². The zero-order valence-corrected chi connectivity index (χ0v) is 10.8. The molecule has 0 saturated carbocycles. The van der Waals surface area contributed by atoms with Gasteiger partial charge in [0.05, 0.1) is 6.54 Å². The lowest BCUT2D eigenvalue weighted by Crippen LogP contribution is -2.43. The van der Waals surface area contributed by atoms with Crippen molar-refractivity contribution in [1.82, 2.24) is 16.0 Å². The number of hydrogen-bond donors (Lipinski definition) is 4. The number of carboxylic acids is 1. The van der Waals surface area contributed by atoms with Crippen molar-refractivity contribution in [2.24, 2.45) is 5.92 Å². The van der Waals surface area contributed by atoms with Gasteiger partial charge in [-0.1, -0.05) is 13.8 Å². The minimum atomic E-state index is -0.899. The lowest BCUT2D eigenvalue weighted by Gasteiger charge is -2.11. The number of carbonyl (C=O) groups excluding carboxylic acids is 2. The summed E-state index contributed by atoms with van der Waals surface area (Å²) in [5, 5.41) is 16.0. The Kier molecular flexibility index (Phi) is 8.34. The van der Waals surface area contributed by atoms with Crippen LogP contribution in [0.1, 0.15) is 26.7 Å². The van der Waals surface area contributed by atoms with Gasteiger partial charge in [0.25, 0.3) is 0 Å². The second kappa shape index (κ2) is 9.26. The molecule has 3 amide bonds. The van der Waals surface area contributed by atoms with Crippen molar-refractivity contribution in [2.75, 3.05) is 19.6 Å². The summed E-state index contributed by atoms with van der Waals surface area (Å²) < 4.78 is 0. The lowest BCUT2D eigenvalue weighted by molar-refractivity contribution is -0.137. The van der Waals surface area contributed by atoms with Gasteiger partial charge in [0.2, 0.25) is 5.91 Å². The van der Waals surface area contributed by atoms with Crippen LogP contribution in [-0.2, 0) is 9.59 Å². The normalized spacial score (nSPS) is 11.4. The fourth-order valence-electron chi connectivity index (χ4n) is 1.19. The van der Waals surface area contributed by atoms with Crippen LogP contribution >= 0.6 is 0 Å². The number of carboxylic acid groups (broad SMARTS) is 1. The van der Waals surface area contributed by atoms with Crippen molar-refractivity contribution in [3.8, 4) is 0 Å². The van der Waals surface area contributed by atoms with E-state index in [0.29, 0.717) is 6.54 Å². The number of amides is 3. The Morgan fingerprint density at radius 1 is 1.17 bits per heavy atom. The Labute approximate surface area is 106 Å². The fourth-order valence-corrected chi connectivity index (χ4v) is 1.19. The Bertz CT molecular complexity index is 294. The molecule has 0 fully saturated rings. The van der Waals surface area contributed by atoms with Crippen LogP contribution in [0.5, 0.6) is 0 Å². The van der Waals surface area contributed by atoms with Crippen LogP contribution in [-0.4, -0.2) is 42.6 Å². The van der Waals surface area contributed by atoms with Gasteiger partial charge in [-0.05, 0) is 12.3 Å². The number of nitrogens with one attached hydrogen (secondary N) is 3. The molecule has 7 heteroatoms. The molecule has 0 aromatic heterocycles. The zero-order chi connectivity index (χ0) is 14.0. The van der Waals surface area contributed by atoms with Crippen molar-refractivity contribution < 1.29 is 19.5 Å². The van der Waals surface area contributed by atoms with Crippen molar-refractivity contribution in [1.29, 1.82) is 0 Å². The zero-order valence-electron chi connectivity index (χ0n) is 10.8. The highest BCUT2D eigenvalue weighted by atomic mass is 16.4. The molecule has 0 heterocycles. The van der Waals surface area contributed by atoms with Gasteiger partial charge >= 0.3 is 12.0 Å². The number of urea groups is 1. The molecular formula is C11H21N3O4. The molecule has 1 atom stereocenters. The van der Waals surface area contributed by atoms with Crippen LogP contribution in [0.15, 0.2) is 0 Å². The number of carbonyl (C=O) groups is 3. The standard InChI is InChI=1S/C11H21N3O4/c1-3-4-12-9(15)7-14-11(18)13-6-8(2)5-10(16)17/h8H,3-7H2,1-2H3,(H,12,15)(H,16,17)(H2,13,14,18). The summed E-state index contributed by atoms with van der Waals surface area (Å²) in [6.07, 6.45) is 0.835. The molecule has 0 radical (unpaired) electrons. The van der Waals surface area contributed by atoms with Crippen LogP contribution in [0.2, 0.25) is 0 Å². The highest BCUT2D eigenvalue weighted by Gasteiger charge is 2.09. The Morgan fingerprint density at radius 2 is 1.83 bits per heavy atom. The molecule has 0 aromatic rings. The Morgan fingerprint density at radius 3 is 2.39 bits per heavy atom. The average Bonchev–Trinajstić information content (AvgIpc) is 2.30. The smallest absolute Gasteiger partial charge is 0.315 e. The Balaban J connectivity index is 3.65. The minimum Gasteiger partial charge on any atom is -0.481 e. The molecule has 0 rings (SSSR count). The van der Waals surface area contributed by atoms with Crippen LogP contribution in [0.25, 0.3) is 0 Å². The van der Waals surface area contributed by atoms with Gasteiger partial charge in [-0.2, -0.15) is 0 Å². The lowest BCUT2D eigenvalue weighted by atomic mass is 10.1. The predicted octanol–water partition coefficient (Wildman–Crippen LogP) is -0.0774. The van der Waals surface area contributed by atoms with E-state index in [1.54, 1.807) is 6.92 Å². The van der Waals surface area contributed by atoms with Gasteiger partial charge in [-0.25, -0.2) is 4.79 Å². The van der Waals surface area contributed by atoms with Gasteiger partial charge in [0, 0.05) is 19.5 Å². The van der Waals surface area contributed by atoms with E-state index < -0.39 is 12.0 Å². The first-order valence-corrected chi connectivity index (χ1v) is 5.95. The van der Waals surface area contributed by atoms with E-state index in [4.69, 9.17) is 5.11 Å². The van der Waals surface area contributed by atoms with E-state index in [1.807, 2.05) is 6.92 Å². The quantitative estimate of drug-likeness (QED) is 0.489. The summed E-state index contributed by atoms with van der Waals surface area (Å²) in [5.74, 6) is -1.29. The maximum absolute atomic E-state index is 11.3. The van der Waals surface area contributed by atoms with Crippen LogP contribution in [0.3, 0.4) is 0 Å². The number of aliphatic carboxylic acids is 1.